The van der Waals surface area contributed by atoms with Gasteiger partial charge >= 0.3 is 0 Å². The molecule has 1 aliphatic rings. The monoisotopic (exact) mass is 472 g/mol. The number of aromatic nitrogens is 1. The first-order chi connectivity index (χ1) is 16.7. The van der Waals surface area contributed by atoms with Crippen LogP contribution < -0.4 is 14.4 Å². The third-order valence-electron chi connectivity index (χ3n) is 6.14. The molecule has 3 aromatic rings. The van der Waals surface area contributed by atoms with Gasteiger partial charge in [-0.15, -0.1) is 0 Å². The van der Waals surface area contributed by atoms with Gasteiger partial charge in [0.05, 0.1) is 25.8 Å². The molecule has 35 heavy (non-hydrogen) atoms. The maximum atomic E-state index is 13.4. The van der Waals surface area contributed by atoms with Gasteiger partial charge in [0.1, 0.15) is 22.8 Å². The average Bonchev–Trinajstić information content (AvgIpc) is 3.13. The van der Waals surface area contributed by atoms with Crippen LogP contribution in [0.15, 0.2) is 72.6 Å². The van der Waals surface area contributed by atoms with Gasteiger partial charge in [0, 0.05) is 18.1 Å². The number of anilines is 1. The summed E-state index contributed by atoms with van der Waals surface area (Å²) in [6.07, 6.45) is 3.17. The fourth-order valence-electron chi connectivity index (χ4n) is 4.30. The summed E-state index contributed by atoms with van der Waals surface area (Å²) in [4.78, 5) is 32.3. The predicted octanol–water partition coefficient (Wildman–Crippen LogP) is 5.02. The summed E-state index contributed by atoms with van der Waals surface area (Å²) in [6.45, 7) is 6.31. The molecule has 1 fully saturated rings. The van der Waals surface area contributed by atoms with Crippen LogP contribution in [0.2, 0.25) is 0 Å². The first kappa shape index (κ1) is 24.0. The first-order valence-electron chi connectivity index (χ1n) is 11.2. The minimum absolute atomic E-state index is 0.0519. The van der Waals surface area contributed by atoms with E-state index in [2.05, 4.69) is 25.8 Å². The number of ether oxygens (including phenoxy) is 2. The molecule has 1 amide bonds. The van der Waals surface area contributed by atoms with Crippen LogP contribution in [0.1, 0.15) is 43.5 Å². The van der Waals surface area contributed by atoms with Crippen molar-refractivity contribution in [3.8, 4) is 11.5 Å². The summed E-state index contributed by atoms with van der Waals surface area (Å²) < 4.78 is 10.9. The maximum Gasteiger partial charge on any atom is 0.300 e. The Bertz CT molecular complexity index is 1270. The highest BCUT2D eigenvalue weighted by Crippen LogP contribution is 2.45. The van der Waals surface area contributed by atoms with Crippen molar-refractivity contribution < 1.29 is 24.2 Å². The first-order valence-corrected chi connectivity index (χ1v) is 11.2. The molecule has 0 saturated carbocycles. The zero-order valence-corrected chi connectivity index (χ0v) is 20.4. The minimum Gasteiger partial charge on any atom is -0.506 e. The lowest BCUT2D eigenvalue weighted by Gasteiger charge is -2.26. The molecule has 1 aliphatic heterocycles. The molecule has 4 rings (SSSR count). The second-order valence-corrected chi connectivity index (χ2v) is 9.28. The van der Waals surface area contributed by atoms with Crippen LogP contribution in [0.5, 0.6) is 11.5 Å². The number of carbonyl (C=O) groups is 2. The summed E-state index contributed by atoms with van der Waals surface area (Å²) >= 11 is 0. The van der Waals surface area contributed by atoms with E-state index in [4.69, 9.17) is 9.47 Å². The number of methoxy groups -OCH3 is 2. The Hall–Kier alpha value is -4.13. The van der Waals surface area contributed by atoms with E-state index in [0.717, 1.165) is 5.56 Å². The third kappa shape index (κ3) is 4.25. The van der Waals surface area contributed by atoms with Crippen LogP contribution in [0.3, 0.4) is 0 Å². The Morgan fingerprint density at radius 2 is 1.49 bits per heavy atom. The van der Waals surface area contributed by atoms with Crippen LogP contribution in [-0.4, -0.2) is 36.0 Å². The number of aliphatic hydroxyl groups excluding tert-OH is 1. The van der Waals surface area contributed by atoms with Crippen LogP contribution in [0, 0.1) is 0 Å². The van der Waals surface area contributed by atoms with Gasteiger partial charge in [-0.3, -0.25) is 19.5 Å². The topological polar surface area (TPSA) is 89.0 Å². The molecule has 1 unspecified atom stereocenters. The number of aliphatic hydroxyl groups is 1. The van der Waals surface area contributed by atoms with Crippen LogP contribution in [0.25, 0.3) is 5.76 Å². The zero-order chi connectivity index (χ0) is 25.3. The van der Waals surface area contributed by atoms with Crippen molar-refractivity contribution in [2.75, 3.05) is 19.1 Å². The average molecular weight is 473 g/mol. The molecule has 1 saturated heterocycles. The minimum atomic E-state index is -0.867. The number of pyridine rings is 1. The van der Waals surface area contributed by atoms with Gasteiger partial charge in [-0.1, -0.05) is 39.0 Å². The van der Waals surface area contributed by atoms with Gasteiger partial charge < -0.3 is 14.6 Å². The lowest BCUT2D eigenvalue weighted by atomic mass is 9.87. The van der Waals surface area contributed by atoms with Crippen LogP contribution >= 0.6 is 0 Å². The van der Waals surface area contributed by atoms with Crippen molar-refractivity contribution >= 4 is 23.1 Å². The normalized spacial score (nSPS) is 17.5. The highest BCUT2D eigenvalue weighted by Gasteiger charge is 2.47. The Labute approximate surface area is 204 Å². The van der Waals surface area contributed by atoms with E-state index in [0.29, 0.717) is 22.7 Å². The molecule has 1 aromatic heterocycles. The number of hydrogen-bond donors (Lipinski definition) is 1. The van der Waals surface area contributed by atoms with E-state index in [1.54, 1.807) is 42.7 Å². The fourth-order valence-corrected chi connectivity index (χ4v) is 4.30. The predicted molar refractivity (Wildman–Crippen MR) is 134 cm³/mol. The molecule has 7 heteroatoms. The number of hydrogen-bond acceptors (Lipinski definition) is 6. The van der Waals surface area contributed by atoms with Gasteiger partial charge in [-0.25, -0.2) is 0 Å². The molecule has 2 heterocycles. The highest BCUT2D eigenvalue weighted by atomic mass is 16.5. The molecule has 1 atom stereocenters. The number of rotatable bonds is 5. The van der Waals surface area contributed by atoms with Gasteiger partial charge in [0.2, 0.25) is 0 Å². The van der Waals surface area contributed by atoms with E-state index >= 15 is 0 Å². The fraction of sp³-hybridized carbons (Fsp3) is 0.250. The SMILES string of the molecule is COc1cccc(OC)c1/C(O)=C1\C(=O)C(=O)N(c2ccc(C(C)(C)C)cc2)C1c1ccncc1. The number of ketones is 1. The molecule has 1 N–H and O–H groups in total. The second-order valence-electron chi connectivity index (χ2n) is 9.28. The summed E-state index contributed by atoms with van der Waals surface area (Å²) in [7, 11) is 2.92. The number of Topliss-reactive ketones (excluding diaryl/α,β-unsaturated/α-hetero) is 1. The Kier molecular flexibility index (Phi) is 6.35. The lowest BCUT2D eigenvalue weighted by Crippen LogP contribution is -2.29. The maximum absolute atomic E-state index is 13.4. The molecule has 0 radical (unpaired) electrons. The summed E-state index contributed by atoms with van der Waals surface area (Å²) in [5, 5.41) is 11.5. The van der Waals surface area contributed by atoms with Crippen molar-refractivity contribution in [3.05, 3.63) is 89.3 Å². The Morgan fingerprint density at radius 3 is 2.00 bits per heavy atom. The standard InChI is InChI=1S/C28H28N2O5/c1-28(2,3)18-9-11-19(12-10-18)30-24(17-13-15-29-16-14-17)23(26(32)27(30)33)25(31)22-20(34-4)7-6-8-21(22)35-5/h6-16,24,31H,1-5H3/b25-23+. The number of benzene rings is 2. The Balaban J connectivity index is 1.95. The second kappa shape index (κ2) is 9.25. The Morgan fingerprint density at radius 1 is 0.914 bits per heavy atom. The quantitative estimate of drug-likeness (QED) is 0.319. The van der Waals surface area contributed by atoms with Crippen molar-refractivity contribution in [1.29, 1.82) is 0 Å². The van der Waals surface area contributed by atoms with E-state index in [1.165, 1.54) is 19.1 Å². The number of carbonyl (C=O) groups excluding carboxylic acids is 2. The van der Waals surface area contributed by atoms with Gasteiger partial charge in [0.25, 0.3) is 11.7 Å². The largest absolute Gasteiger partial charge is 0.506 e. The summed E-state index contributed by atoms with van der Waals surface area (Å²) in [5.41, 5.74) is 2.36. The van der Waals surface area contributed by atoms with E-state index in [1.807, 2.05) is 24.3 Å². The molecule has 180 valence electrons. The molecule has 7 nitrogen and oxygen atoms in total. The van der Waals surface area contributed by atoms with Gasteiger partial charge in [-0.05, 0) is 52.9 Å². The molecule has 0 aliphatic carbocycles. The summed E-state index contributed by atoms with van der Waals surface area (Å²) in [6, 6.07) is 15.1. The number of amides is 1. The molecular formula is C28H28N2O5. The van der Waals surface area contributed by atoms with Crippen molar-refractivity contribution in [2.24, 2.45) is 0 Å². The molecule has 0 spiro atoms. The highest BCUT2D eigenvalue weighted by molar-refractivity contribution is 6.51. The molecule has 2 aromatic carbocycles. The van der Waals surface area contributed by atoms with E-state index in [9.17, 15) is 14.7 Å². The van der Waals surface area contributed by atoms with Crippen LogP contribution in [-0.2, 0) is 15.0 Å². The van der Waals surface area contributed by atoms with Crippen LogP contribution in [0.4, 0.5) is 5.69 Å². The summed E-state index contributed by atoms with van der Waals surface area (Å²) in [5.74, 6) is -1.26. The van der Waals surface area contributed by atoms with E-state index in [-0.39, 0.29) is 22.3 Å². The van der Waals surface area contributed by atoms with Crippen molar-refractivity contribution in [2.45, 2.75) is 32.2 Å². The number of nitrogens with zero attached hydrogens (tertiary/aromatic N) is 2. The van der Waals surface area contributed by atoms with Gasteiger partial charge in [-0.2, -0.15) is 0 Å². The van der Waals surface area contributed by atoms with Gasteiger partial charge in [0.15, 0.2) is 0 Å². The molecular weight excluding hydrogens is 444 g/mol. The smallest absolute Gasteiger partial charge is 0.300 e. The molecule has 0 bridgehead atoms. The van der Waals surface area contributed by atoms with E-state index < -0.39 is 17.7 Å². The third-order valence-corrected chi connectivity index (χ3v) is 6.14. The van der Waals surface area contributed by atoms with Crippen molar-refractivity contribution in [3.63, 3.8) is 0 Å². The lowest BCUT2D eigenvalue weighted by molar-refractivity contribution is -0.132. The van der Waals surface area contributed by atoms with Crippen molar-refractivity contribution in [1.82, 2.24) is 4.98 Å². The zero-order valence-electron chi connectivity index (χ0n) is 20.4.